The van der Waals surface area contributed by atoms with Crippen LogP contribution in [0.15, 0.2) is 58.6 Å². The number of likely N-dealkylation sites (tertiary alicyclic amines) is 1. The van der Waals surface area contributed by atoms with E-state index in [0.717, 1.165) is 29.3 Å². The average Bonchev–Trinajstić information content (AvgIpc) is 2.94. The van der Waals surface area contributed by atoms with Crippen molar-refractivity contribution in [3.8, 4) is 0 Å². The third-order valence-electron chi connectivity index (χ3n) is 4.85. The quantitative estimate of drug-likeness (QED) is 0.259. The Labute approximate surface area is 177 Å². The third-order valence-corrected chi connectivity index (χ3v) is 5.63. The number of carbonyl (C=O) groups is 2. The zero-order valence-corrected chi connectivity index (χ0v) is 17.8. The number of nitrogens with zero attached hydrogens (tertiary/aromatic N) is 1. The van der Waals surface area contributed by atoms with Crippen molar-refractivity contribution >= 4 is 45.0 Å². The van der Waals surface area contributed by atoms with Gasteiger partial charge in [-0.1, -0.05) is 71.6 Å². The molecule has 1 N–H and O–H groups in total. The van der Waals surface area contributed by atoms with Crippen molar-refractivity contribution in [2.45, 2.75) is 32.2 Å². The van der Waals surface area contributed by atoms with E-state index in [9.17, 15) is 14.7 Å². The van der Waals surface area contributed by atoms with Gasteiger partial charge in [0.2, 0.25) is 0 Å². The summed E-state index contributed by atoms with van der Waals surface area (Å²) in [6.07, 6.45) is 2.77. The van der Waals surface area contributed by atoms with E-state index in [0.29, 0.717) is 17.1 Å². The number of Topliss-reactive ketones (excluding diaryl/α,β-unsaturated/α-hetero) is 1. The Morgan fingerprint density at radius 1 is 1.07 bits per heavy atom. The van der Waals surface area contributed by atoms with Crippen molar-refractivity contribution in [3.63, 3.8) is 0 Å². The molecule has 2 aromatic carbocycles. The second-order valence-corrected chi connectivity index (χ2v) is 8.11. The minimum Gasteiger partial charge on any atom is -0.507 e. The SMILES string of the molecule is CCCCCN1C(=O)C(=O)/C(=C(\O)c2ccc(Br)cc2)C1c1ccc(Cl)cc1. The lowest BCUT2D eigenvalue weighted by Gasteiger charge is -2.25. The molecule has 0 bridgehead atoms. The zero-order valence-electron chi connectivity index (χ0n) is 15.5. The molecule has 1 heterocycles. The first-order valence-corrected chi connectivity index (χ1v) is 10.4. The van der Waals surface area contributed by atoms with Crippen molar-refractivity contribution < 1.29 is 14.7 Å². The highest BCUT2D eigenvalue weighted by Gasteiger charge is 2.45. The van der Waals surface area contributed by atoms with E-state index in [1.165, 1.54) is 0 Å². The number of aliphatic hydroxyl groups excluding tert-OH is 1. The second kappa shape index (κ2) is 8.93. The van der Waals surface area contributed by atoms with Crippen LogP contribution in [0.5, 0.6) is 0 Å². The Morgan fingerprint density at radius 3 is 2.32 bits per heavy atom. The van der Waals surface area contributed by atoms with Crippen LogP contribution in [0, 0.1) is 0 Å². The molecular formula is C22H21BrClNO3. The van der Waals surface area contributed by atoms with Crippen molar-refractivity contribution in [3.05, 3.63) is 74.7 Å². The van der Waals surface area contributed by atoms with Crippen molar-refractivity contribution in [1.29, 1.82) is 0 Å². The smallest absolute Gasteiger partial charge is 0.295 e. The van der Waals surface area contributed by atoms with Crippen LogP contribution >= 0.6 is 27.5 Å². The predicted molar refractivity (Wildman–Crippen MR) is 114 cm³/mol. The van der Waals surface area contributed by atoms with Gasteiger partial charge in [0.15, 0.2) is 0 Å². The van der Waals surface area contributed by atoms with Crippen molar-refractivity contribution in [1.82, 2.24) is 4.90 Å². The lowest BCUT2D eigenvalue weighted by atomic mass is 9.95. The molecule has 3 rings (SSSR count). The van der Waals surface area contributed by atoms with Gasteiger partial charge < -0.3 is 10.0 Å². The van der Waals surface area contributed by atoms with Crippen molar-refractivity contribution in [2.75, 3.05) is 6.54 Å². The van der Waals surface area contributed by atoms with Crippen LogP contribution in [0.2, 0.25) is 5.02 Å². The van der Waals surface area contributed by atoms with E-state index in [4.69, 9.17) is 11.6 Å². The third kappa shape index (κ3) is 4.15. The number of benzene rings is 2. The first-order chi connectivity index (χ1) is 13.4. The number of hydrogen-bond acceptors (Lipinski definition) is 3. The molecular weight excluding hydrogens is 442 g/mol. The number of carbonyl (C=O) groups excluding carboxylic acids is 2. The fraction of sp³-hybridized carbons (Fsp3) is 0.273. The summed E-state index contributed by atoms with van der Waals surface area (Å²) >= 11 is 9.37. The van der Waals surface area contributed by atoms with E-state index in [2.05, 4.69) is 22.9 Å². The summed E-state index contributed by atoms with van der Waals surface area (Å²) in [5.41, 5.74) is 1.36. The van der Waals surface area contributed by atoms with E-state index in [1.54, 1.807) is 53.4 Å². The molecule has 0 aliphatic carbocycles. The van der Waals surface area contributed by atoms with E-state index >= 15 is 0 Å². The van der Waals surface area contributed by atoms with Crippen LogP contribution in [0.3, 0.4) is 0 Å². The molecule has 28 heavy (non-hydrogen) atoms. The number of amides is 1. The van der Waals surface area contributed by atoms with E-state index in [1.807, 2.05) is 0 Å². The second-order valence-electron chi connectivity index (χ2n) is 6.76. The largest absolute Gasteiger partial charge is 0.507 e. The lowest BCUT2D eigenvalue weighted by Crippen LogP contribution is -2.30. The molecule has 1 aliphatic rings. The van der Waals surface area contributed by atoms with Gasteiger partial charge in [-0.25, -0.2) is 0 Å². The summed E-state index contributed by atoms with van der Waals surface area (Å²) in [6, 6.07) is 13.4. The molecule has 0 saturated carbocycles. The van der Waals surface area contributed by atoms with Crippen molar-refractivity contribution in [2.24, 2.45) is 0 Å². The molecule has 4 nitrogen and oxygen atoms in total. The highest BCUT2D eigenvalue weighted by molar-refractivity contribution is 9.10. The van der Waals surface area contributed by atoms with Gasteiger partial charge in [0.05, 0.1) is 11.6 Å². The first-order valence-electron chi connectivity index (χ1n) is 9.24. The fourth-order valence-electron chi connectivity index (χ4n) is 3.40. The topological polar surface area (TPSA) is 57.6 Å². The molecule has 0 spiro atoms. The number of unbranched alkanes of at least 4 members (excludes halogenated alkanes) is 2. The molecule has 1 saturated heterocycles. The van der Waals surface area contributed by atoms with Gasteiger partial charge >= 0.3 is 0 Å². The van der Waals surface area contributed by atoms with Gasteiger partial charge in [-0.15, -0.1) is 0 Å². The van der Waals surface area contributed by atoms with Gasteiger partial charge in [0.25, 0.3) is 11.7 Å². The van der Waals surface area contributed by atoms with E-state index in [-0.39, 0.29) is 11.3 Å². The number of rotatable bonds is 6. The molecule has 1 fully saturated rings. The van der Waals surface area contributed by atoms with Crippen LogP contribution in [-0.4, -0.2) is 28.2 Å². The normalized spacial score (nSPS) is 18.7. The fourth-order valence-corrected chi connectivity index (χ4v) is 3.79. The minimum atomic E-state index is -0.656. The maximum Gasteiger partial charge on any atom is 0.295 e. The van der Waals surface area contributed by atoms with Crippen LogP contribution in [0.4, 0.5) is 0 Å². The molecule has 0 aromatic heterocycles. The minimum absolute atomic E-state index is 0.117. The van der Waals surface area contributed by atoms with Gasteiger partial charge in [0.1, 0.15) is 5.76 Å². The summed E-state index contributed by atoms with van der Waals surface area (Å²) in [4.78, 5) is 27.1. The molecule has 1 atom stereocenters. The number of ketones is 1. The highest BCUT2D eigenvalue weighted by atomic mass is 79.9. The molecule has 0 radical (unpaired) electrons. The van der Waals surface area contributed by atoms with Gasteiger partial charge in [0, 0.05) is 21.6 Å². The zero-order chi connectivity index (χ0) is 20.3. The van der Waals surface area contributed by atoms with Crippen LogP contribution in [0.25, 0.3) is 5.76 Å². The Bertz CT molecular complexity index is 906. The van der Waals surface area contributed by atoms with E-state index < -0.39 is 17.7 Å². The standard InChI is InChI=1S/C22H21BrClNO3/c1-2-3-4-13-25-19(14-7-11-17(24)12-8-14)18(21(27)22(25)28)20(26)15-5-9-16(23)10-6-15/h5-12,19,26H,2-4,13H2,1H3/b20-18-. The maximum atomic E-state index is 12.8. The Morgan fingerprint density at radius 2 is 1.71 bits per heavy atom. The lowest BCUT2D eigenvalue weighted by molar-refractivity contribution is -0.139. The molecule has 1 unspecified atom stereocenters. The predicted octanol–water partition coefficient (Wildman–Crippen LogP) is 5.71. The molecule has 6 heteroatoms. The highest BCUT2D eigenvalue weighted by Crippen LogP contribution is 2.39. The summed E-state index contributed by atoms with van der Waals surface area (Å²) in [6.45, 7) is 2.54. The molecule has 2 aromatic rings. The van der Waals surface area contributed by atoms with Gasteiger partial charge in [-0.2, -0.15) is 0 Å². The van der Waals surface area contributed by atoms with Gasteiger partial charge in [-0.3, -0.25) is 9.59 Å². The summed E-state index contributed by atoms with van der Waals surface area (Å²) < 4.78 is 0.860. The Kier molecular flexibility index (Phi) is 6.57. The Balaban J connectivity index is 2.10. The molecule has 146 valence electrons. The monoisotopic (exact) mass is 461 g/mol. The first kappa shape index (κ1) is 20.6. The van der Waals surface area contributed by atoms with Crippen LogP contribution < -0.4 is 0 Å². The van der Waals surface area contributed by atoms with Gasteiger partial charge in [-0.05, 0) is 36.2 Å². The number of halogens is 2. The summed E-state index contributed by atoms with van der Waals surface area (Å²) in [7, 11) is 0. The maximum absolute atomic E-state index is 12.8. The number of hydrogen-bond donors (Lipinski definition) is 1. The Hall–Kier alpha value is -2.11. The van der Waals surface area contributed by atoms with Crippen LogP contribution in [-0.2, 0) is 9.59 Å². The molecule has 1 amide bonds. The summed E-state index contributed by atoms with van der Waals surface area (Å²) in [5.74, 6) is -1.39. The molecule has 1 aliphatic heterocycles. The average molecular weight is 463 g/mol. The number of aliphatic hydroxyl groups is 1. The summed E-state index contributed by atoms with van der Waals surface area (Å²) in [5, 5.41) is 11.5. The van der Waals surface area contributed by atoms with Crippen LogP contribution in [0.1, 0.15) is 43.4 Å².